The number of aromatic nitrogens is 2. The summed E-state index contributed by atoms with van der Waals surface area (Å²) >= 11 is 3.69. The fourth-order valence-corrected chi connectivity index (χ4v) is 3.83. The van der Waals surface area contributed by atoms with Gasteiger partial charge < -0.3 is 5.73 Å². The van der Waals surface area contributed by atoms with Crippen LogP contribution in [0.5, 0.6) is 0 Å². The Balaban J connectivity index is 2.20. The van der Waals surface area contributed by atoms with Gasteiger partial charge in [0.1, 0.15) is 0 Å². The number of hydrogen-bond donors (Lipinski definition) is 1. The predicted octanol–water partition coefficient (Wildman–Crippen LogP) is 3.81. The van der Waals surface area contributed by atoms with Crippen molar-refractivity contribution in [3.8, 4) is 0 Å². The Morgan fingerprint density at radius 3 is 2.84 bits per heavy atom. The molecule has 3 nitrogen and oxygen atoms in total. The summed E-state index contributed by atoms with van der Waals surface area (Å²) in [5.74, 6) is 0.802. The van der Waals surface area contributed by atoms with Gasteiger partial charge >= 0.3 is 0 Å². The van der Waals surface area contributed by atoms with Crippen LogP contribution in [0, 0.1) is 12.8 Å². The molecule has 2 rings (SSSR count). The van der Waals surface area contributed by atoms with E-state index in [2.05, 4.69) is 46.5 Å². The number of aryl methyl sites for hydroxylation is 2. The van der Waals surface area contributed by atoms with E-state index in [-0.39, 0.29) is 5.54 Å². The summed E-state index contributed by atoms with van der Waals surface area (Å²) in [6, 6.07) is 0. The van der Waals surface area contributed by atoms with Crippen LogP contribution in [0.3, 0.4) is 0 Å². The highest BCUT2D eigenvalue weighted by Crippen LogP contribution is 2.36. The summed E-state index contributed by atoms with van der Waals surface area (Å²) in [7, 11) is 0. The molecule has 1 fully saturated rings. The van der Waals surface area contributed by atoms with Crippen molar-refractivity contribution in [1.29, 1.82) is 0 Å². The van der Waals surface area contributed by atoms with Gasteiger partial charge in [0.2, 0.25) is 0 Å². The van der Waals surface area contributed by atoms with Gasteiger partial charge in [-0.1, -0.05) is 26.2 Å². The van der Waals surface area contributed by atoms with Crippen molar-refractivity contribution in [2.45, 2.75) is 71.4 Å². The molecule has 2 atom stereocenters. The van der Waals surface area contributed by atoms with Crippen LogP contribution < -0.4 is 5.73 Å². The lowest BCUT2D eigenvalue weighted by atomic mass is 9.73. The maximum absolute atomic E-state index is 6.70. The lowest BCUT2D eigenvalue weighted by Crippen LogP contribution is -2.46. The monoisotopic (exact) mass is 327 g/mol. The molecule has 108 valence electrons. The minimum atomic E-state index is -0.0408. The standard InChI is InChI=1S/C15H26BrN3/c1-4-12-7-6-8-15(17,9-12)10-13-14(16)11(3)18-19(13)5-2/h12H,4-10,17H2,1-3H3. The average molecular weight is 328 g/mol. The van der Waals surface area contributed by atoms with Crippen molar-refractivity contribution < 1.29 is 0 Å². The van der Waals surface area contributed by atoms with Crippen molar-refractivity contribution in [3.63, 3.8) is 0 Å². The summed E-state index contributed by atoms with van der Waals surface area (Å²) in [5, 5.41) is 4.58. The van der Waals surface area contributed by atoms with Crippen LogP contribution in [-0.4, -0.2) is 15.3 Å². The van der Waals surface area contributed by atoms with Crippen molar-refractivity contribution in [3.05, 3.63) is 15.9 Å². The molecule has 19 heavy (non-hydrogen) atoms. The van der Waals surface area contributed by atoms with Crippen LogP contribution in [0.15, 0.2) is 4.47 Å². The zero-order valence-electron chi connectivity index (χ0n) is 12.4. The molecule has 1 aliphatic carbocycles. The summed E-state index contributed by atoms with van der Waals surface area (Å²) < 4.78 is 3.25. The average Bonchev–Trinajstić information content (AvgIpc) is 2.66. The van der Waals surface area contributed by atoms with Crippen molar-refractivity contribution >= 4 is 15.9 Å². The molecule has 1 aromatic rings. The summed E-state index contributed by atoms with van der Waals surface area (Å²) in [6.45, 7) is 7.39. The van der Waals surface area contributed by atoms with Gasteiger partial charge in [0.15, 0.2) is 0 Å². The minimum Gasteiger partial charge on any atom is -0.325 e. The van der Waals surface area contributed by atoms with Crippen LogP contribution in [0.2, 0.25) is 0 Å². The molecule has 0 radical (unpaired) electrons. The molecule has 0 saturated heterocycles. The number of rotatable bonds is 4. The van der Waals surface area contributed by atoms with Gasteiger partial charge in [-0.2, -0.15) is 5.10 Å². The number of nitrogens with zero attached hydrogens (tertiary/aromatic N) is 2. The lowest BCUT2D eigenvalue weighted by Gasteiger charge is -2.38. The Bertz CT molecular complexity index is 441. The number of nitrogens with two attached hydrogens (primary N) is 1. The Kier molecular flexibility index (Phi) is 4.72. The summed E-state index contributed by atoms with van der Waals surface area (Å²) in [6.07, 6.45) is 7.12. The lowest BCUT2D eigenvalue weighted by molar-refractivity contribution is 0.215. The topological polar surface area (TPSA) is 43.8 Å². The molecule has 0 aliphatic heterocycles. The third-order valence-corrected chi connectivity index (χ3v) is 5.56. The Morgan fingerprint density at radius 2 is 2.21 bits per heavy atom. The Morgan fingerprint density at radius 1 is 1.47 bits per heavy atom. The first kappa shape index (κ1) is 15.0. The third-order valence-electron chi connectivity index (χ3n) is 4.53. The van der Waals surface area contributed by atoms with E-state index in [0.29, 0.717) is 0 Å². The third kappa shape index (κ3) is 3.22. The van der Waals surface area contributed by atoms with E-state index in [1.807, 2.05) is 0 Å². The molecular weight excluding hydrogens is 302 g/mol. The molecule has 2 N–H and O–H groups in total. The van der Waals surface area contributed by atoms with Crippen molar-refractivity contribution in [2.24, 2.45) is 11.7 Å². The smallest absolute Gasteiger partial charge is 0.0738 e. The van der Waals surface area contributed by atoms with Crippen LogP contribution in [0.4, 0.5) is 0 Å². The molecular formula is C15H26BrN3. The maximum Gasteiger partial charge on any atom is 0.0738 e. The highest BCUT2D eigenvalue weighted by molar-refractivity contribution is 9.10. The van der Waals surface area contributed by atoms with E-state index in [0.717, 1.165) is 41.9 Å². The molecule has 1 aliphatic rings. The molecule has 0 spiro atoms. The van der Waals surface area contributed by atoms with E-state index in [9.17, 15) is 0 Å². The highest BCUT2D eigenvalue weighted by atomic mass is 79.9. The Labute approximate surface area is 125 Å². The van der Waals surface area contributed by atoms with E-state index < -0.39 is 0 Å². The highest BCUT2D eigenvalue weighted by Gasteiger charge is 2.34. The minimum absolute atomic E-state index is 0.0408. The first-order valence-corrected chi connectivity index (χ1v) is 8.29. The number of hydrogen-bond acceptors (Lipinski definition) is 2. The fraction of sp³-hybridized carbons (Fsp3) is 0.800. The molecule has 4 heteroatoms. The van der Waals surface area contributed by atoms with Crippen LogP contribution in [0.1, 0.15) is 57.3 Å². The van der Waals surface area contributed by atoms with Gasteiger partial charge in [-0.05, 0) is 48.5 Å². The van der Waals surface area contributed by atoms with Gasteiger partial charge in [0.05, 0.1) is 15.9 Å². The van der Waals surface area contributed by atoms with Crippen LogP contribution >= 0.6 is 15.9 Å². The molecule has 0 aromatic carbocycles. The number of halogens is 1. The van der Waals surface area contributed by atoms with E-state index in [4.69, 9.17) is 5.73 Å². The molecule has 1 saturated carbocycles. The van der Waals surface area contributed by atoms with E-state index in [1.54, 1.807) is 0 Å². The van der Waals surface area contributed by atoms with Crippen LogP contribution in [-0.2, 0) is 13.0 Å². The first-order chi connectivity index (χ1) is 8.99. The molecule has 0 bridgehead atoms. The molecule has 1 aromatic heterocycles. The van der Waals surface area contributed by atoms with E-state index in [1.165, 1.54) is 25.0 Å². The second kappa shape index (κ2) is 5.96. The second-order valence-corrected chi connectivity index (χ2v) is 6.86. The zero-order valence-corrected chi connectivity index (χ0v) is 14.0. The van der Waals surface area contributed by atoms with Crippen molar-refractivity contribution in [1.82, 2.24) is 9.78 Å². The van der Waals surface area contributed by atoms with Gasteiger partial charge in [-0.25, -0.2) is 0 Å². The fourth-order valence-electron chi connectivity index (χ4n) is 3.40. The zero-order chi connectivity index (χ0) is 14.0. The largest absolute Gasteiger partial charge is 0.325 e. The van der Waals surface area contributed by atoms with Gasteiger partial charge in [0.25, 0.3) is 0 Å². The van der Waals surface area contributed by atoms with Crippen LogP contribution in [0.25, 0.3) is 0 Å². The summed E-state index contributed by atoms with van der Waals surface area (Å²) in [5.41, 5.74) is 9.01. The quantitative estimate of drug-likeness (QED) is 0.913. The molecule has 0 amide bonds. The molecule has 1 heterocycles. The van der Waals surface area contributed by atoms with Gasteiger partial charge in [-0.3, -0.25) is 4.68 Å². The van der Waals surface area contributed by atoms with Gasteiger partial charge in [-0.15, -0.1) is 0 Å². The van der Waals surface area contributed by atoms with E-state index >= 15 is 0 Å². The van der Waals surface area contributed by atoms with Crippen molar-refractivity contribution in [2.75, 3.05) is 0 Å². The Hall–Kier alpha value is -0.350. The molecule has 2 unspecified atom stereocenters. The maximum atomic E-state index is 6.70. The first-order valence-electron chi connectivity index (χ1n) is 7.49. The predicted molar refractivity (Wildman–Crippen MR) is 83.2 cm³/mol. The SMILES string of the molecule is CCC1CCCC(N)(Cc2c(Br)c(C)nn2CC)C1. The van der Waals surface area contributed by atoms with Gasteiger partial charge in [0, 0.05) is 18.5 Å². The normalized spacial score (nSPS) is 27.7. The summed E-state index contributed by atoms with van der Waals surface area (Å²) in [4.78, 5) is 0. The second-order valence-electron chi connectivity index (χ2n) is 6.07.